The van der Waals surface area contributed by atoms with E-state index in [1.807, 2.05) is 12.1 Å². The van der Waals surface area contributed by atoms with Gasteiger partial charge in [0.15, 0.2) is 0 Å². The molecule has 0 saturated heterocycles. The molecule has 8 nitrogen and oxygen atoms in total. The summed E-state index contributed by atoms with van der Waals surface area (Å²) in [6.45, 7) is 7.26. The number of benzene rings is 2. The molecule has 0 radical (unpaired) electrons. The minimum absolute atomic E-state index is 0. The van der Waals surface area contributed by atoms with Crippen LogP contribution in [0.3, 0.4) is 0 Å². The Bertz CT molecular complexity index is 1300. The summed E-state index contributed by atoms with van der Waals surface area (Å²) in [5, 5.41) is 20.4. The number of carbonyl (C=O) groups is 6. The van der Waals surface area contributed by atoms with Crippen LogP contribution in [0, 0.1) is 12.8 Å². The number of carboxylic acids is 2. The summed E-state index contributed by atoms with van der Waals surface area (Å²) in [6, 6.07) is 17.4. The number of rotatable bonds is 38. The van der Waals surface area contributed by atoms with Crippen LogP contribution in [-0.2, 0) is 40.9 Å². The molecule has 0 saturated carbocycles. The van der Waals surface area contributed by atoms with Crippen LogP contribution >= 0.6 is 0 Å². The third-order valence-electron chi connectivity index (χ3n) is 10.8. The maximum Gasteiger partial charge on any atom is 0.0768 e. The number of carboxylic acid groups (broad SMARTS) is 2. The molecule has 2 aromatic rings. The summed E-state index contributed by atoms with van der Waals surface area (Å²) in [7, 11) is 0. The summed E-state index contributed by atoms with van der Waals surface area (Å²) < 4.78 is 0. The number of ketones is 4. The van der Waals surface area contributed by atoms with Crippen molar-refractivity contribution in [3.8, 4) is 0 Å². The molecule has 0 aliphatic carbocycles. The third kappa shape index (κ3) is 53.0. The van der Waals surface area contributed by atoms with Gasteiger partial charge in [-0.05, 0) is 39.5 Å². The molecule has 2 rings (SSSR count). The summed E-state index contributed by atoms with van der Waals surface area (Å²) in [6.07, 6.45) is 41.9. The van der Waals surface area contributed by atoms with Crippen LogP contribution in [0.25, 0.3) is 0 Å². The van der Waals surface area contributed by atoms with E-state index in [0.717, 1.165) is 38.5 Å². The van der Waals surface area contributed by atoms with E-state index in [-0.39, 0.29) is 57.7 Å². The molecule has 0 amide bonds. The van der Waals surface area contributed by atoms with Gasteiger partial charge < -0.3 is 39.0 Å². The van der Waals surface area contributed by atoms with E-state index in [4.69, 9.17) is 0 Å². The van der Waals surface area contributed by atoms with Crippen LogP contribution in [-0.4, -0.2) is 35.1 Å². The van der Waals surface area contributed by atoms with Crippen molar-refractivity contribution in [3.63, 3.8) is 0 Å². The van der Waals surface area contributed by atoms with Crippen molar-refractivity contribution in [2.75, 3.05) is 0 Å². The van der Waals surface area contributed by atoms with Gasteiger partial charge in [0.2, 0.25) is 0 Å². The summed E-state index contributed by atoms with van der Waals surface area (Å²) in [5.74, 6) is -2.71. The molecule has 0 unspecified atom stereocenters. The maximum absolute atomic E-state index is 11.2. The predicted molar refractivity (Wildman–Crippen MR) is 261 cm³/mol. The standard InChI is InChI=1S/2C18H36O2.2C10H9O2.Ti/c2*1-2-3-4-5-6-7-8-9-10-11-12-13-14-15-16-17-18(19)20;2*1-8(11)7-10(12)9-5-3-2-4-6-9;/h2*2-17H2,1H3,(H,19,20);2*2-7H,1H3;/q;;2*-1;/p-2. The maximum atomic E-state index is 11.2. The van der Waals surface area contributed by atoms with Gasteiger partial charge in [0.25, 0.3) is 0 Å². The van der Waals surface area contributed by atoms with Crippen molar-refractivity contribution in [1.82, 2.24) is 0 Å². The Morgan fingerprint density at radius 3 is 0.738 bits per heavy atom. The molecule has 0 fully saturated rings. The van der Waals surface area contributed by atoms with Crippen LogP contribution in [0.2, 0.25) is 0 Å². The summed E-state index contributed by atoms with van der Waals surface area (Å²) in [4.78, 5) is 63.9. The first-order valence-electron chi connectivity index (χ1n) is 25.2. The van der Waals surface area contributed by atoms with E-state index in [1.54, 1.807) is 48.5 Å². The Labute approximate surface area is 411 Å². The monoisotopic (exact) mass is 937 g/mol. The van der Waals surface area contributed by atoms with Crippen LogP contribution in [0.1, 0.15) is 254 Å². The number of hydrogen-bond donors (Lipinski definition) is 0. The fourth-order valence-electron chi connectivity index (χ4n) is 7.02. The van der Waals surface area contributed by atoms with Gasteiger partial charge in [-0.2, -0.15) is 0 Å². The summed E-state index contributed by atoms with van der Waals surface area (Å²) >= 11 is 0. The zero-order chi connectivity index (χ0) is 47.7. The fourth-order valence-corrected chi connectivity index (χ4v) is 7.02. The summed E-state index contributed by atoms with van der Waals surface area (Å²) in [5.41, 5.74) is 1.10. The minimum Gasteiger partial charge on any atom is -0.550 e. The van der Waals surface area contributed by atoms with Gasteiger partial charge in [0.1, 0.15) is 0 Å². The molecule has 0 heterocycles. The van der Waals surface area contributed by atoms with Crippen LogP contribution in [0.4, 0.5) is 0 Å². The minimum atomic E-state index is -0.903. The van der Waals surface area contributed by atoms with E-state index in [0.29, 0.717) is 11.1 Å². The number of hydrogen-bond acceptors (Lipinski definition) is 8. The molecule has 0 aliphatic rings. The van der Waals surface area contributed by atoms with Crippen molar-refractivity contribution < 1.29 is 60.7 Å². The molecule has 9 heteroatoms. The topological polar surface area (TPSA) is 149 Å². The molecule has 0 bridgehead atoms. The van der Waals surface area contributed by atoms with Crippen LogP contribution < -0.4 is 10.2 Å². The average molecular weight is 937 g/mol. The van der Waals surface area contributed by atoms with Crippen molar-refractivity contribution in [2.45, 2.75) is 233 Å². The largest absolute Gasteiger partial charge is 0.550 e. The molecule has 0 spiro atoms. The Balaban J connectivity index is -0.000000804. The smallest absolute Gasteiger partial charge is 0.0768 e. The number of unbranched alkanes of at least 4 members (excludes halogenated alkanes) is 28. The zero-order valence-electron chi connectivity index (χ0n) is 41.3. The first-order chi connectivity index (χ1) is 30.9. The molecule has 368 valence electrons. The second-order valence-electron chi connectivity index (χ2n) is 17.1. The normalized spacial score (nSPS) is 10.0. The predicted octanol–water partition coefficient (Wildman–Crippen LogP) is 13.3. The van der Waals surface area contributed by atoms with Crippen molar-refractivity contribution >= 4 is 35.1 Å². The van der Waals surface area contributed by atoms with Crippen LogP contribution in [0.5, 0.6) is 0 Å². The van der Waals surface area contributed by atoms with Crippen molar-refractivity contribution in [1.29, 1.82) is 0 Å². The van der Waals surface area contributed by atoms with E-state index < -0.39 is 11.9 Å². The molecule has 0 aliphatic heterocycles. The molecule has 0 atom stereocenters. The van der Waals surface area contributed by atoms with Gasteiger partial charge in [-0.15, -0.1) is 48.2 Å². The Morgan fingerprint density at radius 2 is 0.554 bits per heavy atom. The quantitative estimate of drug-likeness (QED) is 0.0212. The Kier molecular flexibility index (Phi) is 52.1. The molecule has 2 aromatic carbocycles. The number of aliphatic carboxylic acids is 2. The second kappa shape index (κ2) is 51.5. The van der Waals surface area contributed by atoms with Gasteiger partial charge in [-0.25, -0.2) is 0 Å². The Hall–Kier alpha value is -3.49. The number of Topliss-reactive ketones (excluding diaryl/α,β-unsaturated/α-hetero) is 4. The molecular formula is C56H88O8Ti-4. The molecular weight excluding hydrogens is 848 g/mol. The van der Waals surface area contributed by atoms with E-state index in [2.05, 4.69) is 13.8 Å². The van der Waals surface area contributed by atoms with Crippen molar-refractivity contribution in [2.24, 2.45) is 0 Å². The molecule has 0 N–H and O–H groups in total. The van der Waals surface area contributed by atoms with Gasteiger partial charge in [0, 0.05) is 45.2 Å². The Morgan fingerprint density at radius 1 is 0.354 bits per heavy atom. The van der Waals surface area contributed by atoms with E-state index >= 15 is 0 Å². The first-order valence-corrected chi connectivity index (χ1v) is 25.2. The fraction of sp³-hybridized carbons (Fsp3) is 0.643. The van der Waals surface area contributed by atoms with Crippen LogP contribution in [0.15, 0.2) is 60.7 Å². The van der Waals surface area contributed by atoms with Gasteiger partial charge in [-0.1, -0.05) is 230 Å². The average Bonchev–Trinajstić information content (AvgIpc) is 3.27. The van der Waals surface area contributed by atoms with E-state index in [1.165, 1.54) is 181 Å². The SMILES string of the molecule is CC(=O)[CH-]C(=O)c1ccccc1.CC(=O)[CH-]C(=O)c1ccccc1.CCCCCCCCCCCCCCCCCC(=O)[O-].CCCCCCCCCCCCCCCCCC(=O)[O-].[Ti]. The van der Waals surface area contributed by atoms with Crippen molar-refractivity contribution in [3.05, 3.63) is 84.6 Å². The second-order valence-corrected chi connectivity index (χ2v) is 17.1. The van der Waals surface area contributed by atoms with Gasteiger partial charge in [0.05, 0.1) is 11.6 Å². The zero-order valence-corrected chi connectivity index (χ0v) is 42.9. The first kappa shape index (κ1) is 65.8. The number of carbonyl (C=O) groups excluding carboxylic acids is 6. The molecule has 0 aromatic heterocycles. The van der Waals surface area contributed by atoms with Gasteiger partial charge in [-0.3, -0.25) is 0 Å². The van der Waals surface area contributed by atoms with E-state index in [9.17, 15) is 39.0 Å². The molecule has 65 heavy (non-hydrogen) atoms. The third-order valence-corrected chi connectivity index (χ3v) is 10.8. The van der Waals surface area contributed by atoms with Gasteiger partial charge >= 0.3 is 0 Å².